The van der Waals surface area contributed by atoms with Crippen LogP contribution in [-0.2, 0) is 13.6 Å². The van der Waals surface area contributed by atoms with Gasteiger partial charge in [0.25, 0.3) is 5.91 Å². The van der Waals surface area contributed by atoms with E-state index in [2.05, 4.69) is 25.5 Å². The zero-order valence-corrected chi connectivity index (χ0v) is 20.2. The minimum atomic E-state index is -1.18. The molecule has 0 radical (unpaired) electrons. The molecule has 1 unspecified atom stereocenters. The van der Waals surface area contributed by atoms with Gasteiger partial charge in [0.15, 0.2) is 17.7 Å². The van der Waals surface area contributed by atoms with Gasteiger partial charge in [0.1, 0.15) is 0 Å². The lowest BCUT2D eigenvalue weighted by Crippen LogP contribution is -2.28. The molecule has 5 rings (SSSR count). The van der Waals surface area contributed by atoms with E-state index in [0.717, 1.165) is 16.8 Å². The Kier molecular flexibility index (Phi) is 6.17. The molecule has 10 nitrogen and oxygen atoms in total. The minimum absolute atomic E-state index is 0.250. The molecule has 182 valence electrons. The van der Waals surface area contributed by atoms with Crippen LogP contribution in [0.2, 0.25) is 0 Å². The third-order valence-electron chi connectivity index (χ3n) is 5.89. The SMILES string of the molecule is Cc1ccc(CN(C)C(=O)c2cnn(C)c2C(O)Nc2ccn3nc(-c4ccccc4)nc3c2)cn1. The van der Waals surface area contributed by atoms with Crippen LogP contribution in [-0.4, -0.2) is 52.3 Å². The Hall–Kier alpha value is -4.57. The smallest absolute Gasteiger partial charge is 0.257 e. The molecule has 36 heavy (non-hydrogen) atoms. The third-order valence-corrected chi connectivity index (χ3v) is 5.89. The summed E-state index contributed by atoms with van der Waals surface area (Å²) in [4.78, 5) is 23.7. The number of carbonyl (C=O) groups is 1. The fraction of sp³-hybridized carbons (Fsp3) is 0.192. The van der Waals surface area contributed by atoms with Crippen molar-refractivity contribution in [2.24, 2.45) is 7.05 Å². The van der Waals surface area contributed by atoms with E-state index in [9.17, 15) is 9.90 Å². The number of aliphatic hydroxyl groups excluding tert-OH is 1. The molecule has 0 aliphatic rings. The summed E-state index contributed by atoms with van der Waals surface area (Å²) in [5.41, 5.74) is 4.67. The van der Waals surface area contributed by atoms with Crippen molar-refractivity contribution >= 4 is 17.2 Å². The number of nitrogens with zero attached hydrogens (tertiary/aromatic N) is 7. The lowest BCUT2D eigenvalue weighted by Gasteiger charge is -2.20. The zero-order chi connectivity index (χ0) is 25.2. The van der Waals surface area contributed by atoms with Crippen LogP contribution in [0.1, 0.15) is 33.5 Å². The largest absolute Gasteiger partial charge is 0.368 e. The third kappa shape index (κ3) is 4.66. The predicted molar refractivity (Wildman–Crippen MR) is 135 cm³/mol. The molecule has 5 aromatic rings. The van der Waals surface area contributed by atoms with Crippen LogP contribution in [0.5, 0.6) is 0 Å². The van der Waals surface area contributed by atoms with Crippen LogP contribution in [0, 0.1) is 6.92 Å². The van der Waals surface area contributed by atoms with E-state index in [1.807, 2.05) is 49.4 Å². The Morgan fingerprint density at radius 1 is 1.14 bits per heavy atom. The Morgan fingerprint density at radius 3 is 2.69 bits per heavy atom. The molecule has 0 bridgehead atoms. The molecular weight excluding hydrogens is 456 g/mol. The second kappa shape index (κ2) is 9.59. The number of carbonyl (C=O) groups excluding carboxylic acids is 1. The predicted octanol–water partition coefficient (Wildman–Crippen LogP) is 3.21. The van der Waals surface area contributed by atoms with Crippen LogP contribution < -0.4 is 5.32 Å². The van der Waals surface area contributed by atoms with Gasteiger partial charge in [0, 0.05) is 56.0 Å². The fourth-order valence-corrected chi connectivity index (χ4v) is 3.99. The highest BCUT2D eigenvalue weighted by Crippen LogP contribution is 2.23. The Balaban J connectivity index is 1.35. The number of aromatic nitrogens is 6. The van der Waals surface area contributed by atoms with E-state index in [0.29, 0.717) is 35.0 Å². The summed E-state index contributed by atoms with van der Waals surface area (Å²) in [5, 5.41) is 22.8. The van der Waals surface area contributed by atoms with E-state index in [1.54, 1.807) is 48.0 Å². The van der Waals surface area contributed by atoms with E-state index in [-0.39, 0.29) is 5.91 Å². The molecule has 0 aliphatic heterocycles. The first-order valence-electron chi connectivity index (χ1n) is 11.4. The number of hydrogen-bond donors (Lipinski definition) is 2. The van der Waals surface area contributed by atoms with Crippen molar-refractivity contribution < 1.29 is 9.90 Å². The van der Waals surface area contributed by atoms with Gasteiger partial charge in [-0.1, -0.05) is 36.4 Å². The molecule has 0 spiro atoms. The van der Waals surface area contributed by atoms with Gasteiger partial charge in [-0.3, -0.25) is 14.5 Å². The maximum Gasteiger partial charge on any atom is 0.257 e. The first kappa shape index (κ1) is 23.2. The molecule has 4 aromatic heterocycles. The number of pyridine rings is 2. The van der Waals surface area contributed by atoms with E-state index in [1.165, 1.54) is 10.9 Å². The quantitative estimate of drug-likeness (QED) is 0.343. The van der Waals surface area contributed by atoms with Gasteiger partial charge >= 0.3 is 0 Å². The van der Waals surface area contributed by atoms with Crippen LogP contribution in [0.4, 0.5) is 5.69 Å². The molecule has 1 atom stereocenters. The Bertz CT molecular complexity index is 1510. The van der Waals surface area contributed by atoms with Gasteiger partial charge in [-0.2, -0.15) is 5.10 Å². The number of rotatable bonds is 7. The van der Waals surface area contributed by atoms with Crippen LogP contribution in [0.15, 0.2) is 73.2 Å². The molecular formula is C26H26N8O2. The summed E-state index contributed by atoms with van der Waals surface area (Å²) < 4.78 is 3.17. The second-order valence-electron chi connectivity index (χ2n) is 8.60. The summed E-state index contributed by atoms with van der Waals surface area (Å²) >= 11 is 0. The van der Waals surface area contributed by atoms with Gasteiger partial charge < -0.3 is 15.3 Å². The van der Waals surface area contributed by atoms with Crippen molar-refractivity contribution in [3.63, 3.8) is 0 Å². The van der Waals surface area contributed by atoms with E-state index in [4.69, 9.17) is 0 Å². The molecule has 0 fully saturated rings. The second-order valence-corrected chi connectivity index (χ2v) is 8.60. The van der Waals surface area contributed by atoms with Crippen molar-refractivity contribution in [3.8, 4) is 11.4 Å². The highest BCUT2D eigenvalue weighted by Gasteiger charge is 2.25. The van der Waals surface area contributed by atoms with Crippen molar-refractivity contribution in [1.29, 1.82) is 0 Å². The maximum atomic E-state index is 13.2. The number of amides is 1. The highest BCUT2D eigenvalue weighted by atomic mass is 16.3. The molecule has 10 heteroatoms. The standard InChI is InChI=1S/C26H26N8O2/c1-17-9-10-18(14-27-17)16-32(2)26(36)21-15-28-33(3)23(21)25(35)29-20-11-12-34-22(13-20)30-24(31-34)19-7-5-4-6-8-19/h4-15,25,29,35H,16H2,1-3H3. The maximum absolute atomic E-state index is 13.2. The van der Waals surface area contributed by atoms with Crippen LogP contribution in [0.25, 0.3) is 17.0 Å². The Morgan fingerprint density at radius 2 is 1.94 bits per heavy atom. The molecule has 4 heterocycles. The number of aliphatic hydroxyl groups is 1. The summed E-state index contributed by atoms with van der Waals surface area (Å²) in [5.74, 6) is 0.361. The molecule has 0 saturated heterocycles. The van der Waals surface area contributed by atoms with E-state index < -0.39 is 6.23 Å². The van der Waals surface area contributed by atoms with Crippen molar-refractivity contribution in [2.75, 3.05) is 12.4 Å². The molecule has 0 aliphatic carbocycles. The van der Waals surface area contributed by atoms with Crippen molar-refractivity contribution in [1.82, 2.24) is 34.3 Å². The number of benzene rings is 1. The molecule has 2 N–H and O–H groups in total. The number of aryl methyl sites for hydroxylation is 2. The molecule has 0 saturated carbocycles. The van der Waals surface area contributed by atoms with Crippen LogP contribution in [0.3, 0.4) is 0 Å². The number of fused-ring (bicyclic) bond motifs is 1. The van der Waals surface area contributed by atoms with Gasteiger partial charge in [0.2, 0.25) is 0 Å². The van der Waals surface area contributed by atoms with Gasteiger partial charge in [-0.25, -0.2) is 9.50 Å². The first-order chi connectivity index (χ1) is 17.4. The topological polar surface area (TPSA) is 113 Å². The van der Waals surface area contributed by atoms with E-state index >= 15 is 0 Å². The minimum Gasteiger partial charge on any atom is -0.368 e. The molecule has 1 aromatic carbocycles. The molecule has 1 amide bonds. The average Bonchev–Trinajstić information content (AvgIpc) is 3.48. The normalized spacial score (nSPS) is 12.0. The van der Waals surface area contributed by atoms with Gasteiger partial charge in [0.05, 0.1) is 17.5 Å². The first-order valence-corrected chi connectivity index (χ1v) is 11.4. The summed E-state index contributed by atoms with van der Waals surface area (Å²) in [6.45, 7) is 2.30. The Labute approximate surface area is 207 Å². The number of nitrogens with one attached hydrogen (secondary N) is 1. The zero-order valence-electron chi connectivity index (χ0n) is 20.2. The lowest BCUT2D eigenvalue weighted by atomic mass is 10.1. The van der Waals surface area contributed by atoms with Gasteiger partial charge in [-0.15, -0.1) is 5.10 Å². The van der Waals surface area contributed by atoms with Gasteiger partial charge in [-0.05, 0) is 24.6 Å². The monoisotopic (exact) mass is 482 g/mol. The number of hydrogen-bond acceptors (Lipinski definition) is 7. The van der Waals surface area contributed by atoms with Crippen molar-refractivity contribution in [3.05, 3.63) is 95.7 Å². The summed E-state index contributed by atoms with van der Waals surface area (Å²) in [7, 11) is 3.40. The van der Waals surface area contributed by atoms with Crippen LogP contribution >= 0.6 is 0 Å². The number of anilines is 1. The highest BCUT2D eigenvalue weighted by molar-refractivity contribution is 5.95. The average molecular weight is 483 g/mol. The van der Waals surface area contributed by atoms with Crippen molar-refractivity contribution in [2.45, 2.75) is 19.7 Å². The summed E-state index contributed by atoms with van der Waals surface area (Å²) in [6, 6.07) is 17.1. The lowest BCUT2D eigenvalue weighted by molar-refractivity contribution is 0.0778. The summed E-state index contributed by atoms with van der Waals surface area (Å²) in [6.07, 6.45) is 3.82. The fourth-order valence-electron chi connectivity index (χ4n) is 3.99.